The summed E-state index contributed by atoms with van der Waals surface area (Å²) in [7, 11) is 0. The molecule has 0 N–H and O–H groups in total. The van der Waals surface area contributed by atoms with Gasteiger partial charge in [0.2, 0.25) is 0 Å². The molecule has 124 valence electrons. The lowest BCUT2D eigenvalue weighted by atomic mass is 10.1. The monoisotopic (exact) mass is 316 g/mol. The Morgan fingerprint density at radius 3 is 2.57 bits per heavy atom. The summed E-state index contributed by atoms with van der Waals surface area (Å²) in [4.78, 5) is 14.5. The Kier molecular flexibility index (Phi) is 3.74. The number of carbonyl (C=O) groups excluding carboxylic acids is 1. The Labute approximate surface area is 136 Å². The lowest BCUT2D eigenvalue weighted by Gasteiger charge is -2.28. The number of rotatable bonds is 2. The average Bonchev–Trinajstić information content (AvgIpc) is 3.12. The molecule has 2 aromatic rings. The molecule has 7 heteroatoms. The molecule has 1 amide bonds. The van der Waals surface area contributed by atoms with Gasteiger partial charge in [-0.25, -0.2) is 0 Å². The second-order valence-corrected chi connectivity index (χ2v) is 7.35. The van der Waals surface area contributed by atoms with Gasteiger partial charge in [-0.3, -0.25) is 9.48 Å². The van der Waals surface area contributed by atoms with E-state index in [-0.39, 0.29) is 11.4 Å². The van der Waals surface area contributed by atoms with Crippen LogP contribution >= 0.6 is 0 Å². The maximum atomic E-state index is 12.7. The number of amides is 1. The zero-order valence-corrected chi connectivity index (χ0v) is 14.4. The minimum atomic E-state index is -0.132. The molecule has 1 aliphatic rings. The van der Waals surface area contributed by atoms with E-state index in [2.05, 4.69) is 54.5 Å². The van der Waals surface area contributed by atoms with Crippen LogP contribution in [0, 0.1) is 0 Å². The lowest BCUT2D eigenvalue weighted by Crippen LogP contribution is -2.38. The summed E-state index contributed by atoms with van der Waals surface area (Å²) < 4.78 is 3.95. The minimum Gasteiger partial charge on any atom is -0.329 e. The number of fused-ring (bicyclic) bond motifs is 1. The Morgan fingerprint density at radius 1 is 1.22 bits per heavy atom. The quantitative estimate of drug-likeness (QED) is 0.850. The molecule has 0 unspecified atom stereocenters. The molecule has 0 fully saturated rings. The summed E-state index contributed by atoms with van der Waals surface area (Å²) in [5, 5.41) is 12.8. The van der Waals surface area contributed by atoms with Crippen molar-refractivity contribution in [3.8, 4) is 0 Å². The molecular formula is C16H24N6O. The largest absolute Gasteiger partial charge is 0.329 e. The van der Waals surface area contributed by atoms with E-state index in [0.717, 1.165) is 18.2 Å². The van der Waals surface area contributed by atoms with E-state index >= 15 is 0 Å². The first-order chi connectivity index (χ1) is 10.8. The highest BCUT2D eigenvalue weighted by atomic mass is 16.2. The normalized spacial score (nSPS) is 15.1. The number of aromatic nitrogens is 5. The molecule has 3 rings (SSSR count). The molecule has 0 bridgehead atoms. The van der Waals surface area contributed by atoms with Gasteiger partial charge in [-0.2, -0.15) is 5.10 Å². The predicted octanol–water partition coefficient (Wildman–Crippen LogP) is 2.01. The number of carbonyl (C=O) groups is 1. The van der Waals surface area contributed by atoms with Gasteiger partial charge in [0, 0.05) is 25.2 Å². The fourth-order valence-corrected chi connectivity index (χ4v) is 2.76. The molecule has 2 aromatic heterocycles. The van der Waals surface area contributed by atoms with E-state index in [0.29, 0.717) is 24.6 Å². The molecule has 0 radical (unpaired) electrons. The van der Waals surface area contributed by atoms with Gasteiger partial charge >= 0.3 is 0 Å². The van der Waals surface area contributed by atoms with Gasteiger partial charge in [0.1, 0.15) is 5.82 Å². The molecule has 1 aliphatic heterocycles. The second-order valence-electron chi connectivity index (χ2n) is 7.35. The van der Waals surface area contributed by atoms with Gasteiger partial charge in [0.05, 0.1) is 23.8 Å². The van der Waals surface area contributed by atoms with Crippen molar-refractivity contribution in [3.63, 3.8) is 0 Å². The summed E-state index contributed by atoms with van der Waals surface area (Å²) in [5.41, 5.74) is 0.490. The smallest absolute Gasteiger partial charge is 0.257 e. The Balaban J connectivity index is 1.78. The second kappa shape index (κ2) is 5.47. The van der Waals surface area contributed by atoms with Gasteiger partial charge in [0.25, 0.3) is 5.91 Å². The molecule has 0 saturated heterocycles. The van der Waals surface area contributed by atoms with Crippen LogP contribution in [0.1, 0.15) is 62.5 Å². The predicted molar refractivity (Wildman–Crippen MR) is 86.1 cm³/mol. The van der Waals surface area contributed by atoms with E-state index in [1.807, 2.05) is 15.8 Å². The Morgan fingerprint density at radius 2 is 1.96 bits per heavy atom. The molecule has 23 heavy (non-hydrogen) atoms. The Bertz CT molecular complexity index is 721. The highest BCUT2D eigenvalue weighted by Crippen LogP contribution is 2.20. The van der Waals surface area contributed by atoms with Crippen molar-refractivity contribution in [1.29, 1.82) is 0 Å². The molecule has 0 aromatic carbocycles. The third-order valence-electron chi connectivity index (χ3n) is 4.10. The van der Waals surface area contributed by atoms with Gasteiger partial charge in [-0.05, 0) is 20.8 Å². The van der Waals surface area contributed by atoms with Crippen LogP contribution in [0.15, 0.2) is 12.4 Å². The molecule has 0 saturated carbocycles. The molecule has 0 spiro atoms. The van der Waals surface area contributed by atoms with E-state index in [1.165, 1.54) is 0 Å². The molecule has 7 nitrogen and oxygen atoms in total. The molecule has 0 aliphatic carbocycles. The van der Waals surface area contributed by atoms with Gasteiger partial charge in [-0.1, -0.05) is 13.8 Å². The fraction of sp³-hybridized carbons (Fsp3) is 0.625. The van der Waals surface area contributed by atoms with Crippen LogP contribution in [0.25, 0.3) is 0 Å². The summed E-state index contributed by atoms with van der Waals surface area (Å²) in [5.74, 6) is 2.19. The van der Waals surface area contributed by atoms with Crippen LogP contribution in [0.4, 0.5) is 0 Å². The van der Waals surface area contributed by atoms with Crippen molar-refractivity contribution in [2.75, 3.05) is 6.54 Å². The fourth-order valence-electron chi connectivity index (χ4n) is 2.76. The standard InChI is InChI=1S/C16H24N6O/c1-11(2)14-19-18-13-10-20(6-7-21(13)14)15(23)12-8-17-22(9-12)16(3,4)5/h8-9,11H,6-7,10H2,1-5H3. The first-order valence-corrected chi connectivity index (χ1v) is 8.04. The maximum absolute atomic E-state index is 12.7. The minimum absolute atomic E-state index is 0.000784. The highest BCUT2D eigenvalue weighted by molar-refractivity contribution is 5.93. The van der Waals surface area contributed by atoms with Crippen LogP contribution in [0.5, 0.6) is 0 Å². The summed E-state index contributed by atoms with van der Waals surface area (Å²) in [6.45, 7) is 12.3. The zero-order valence-electron chi connectivity index (χ0n) is 14.4. The van der Waals surface area contributed by atoms with Crippen LogP contribution in [0.2, 0.25) is 0 Å². The van der Waals surface area contributed by atoms with Crippen LogP contribution in [-0.4, -0.2) is 41.9 Å². The van der Waals surface area contributed by atoms with Crippen molar-refractivity contribution >= 4 is 5.91 Å². The van der Waals surface area contributed by atoms with Crippen molar-refractivity contribution < 1.29 is 4.79 Å². The number of hydrogen-bond donors (Lipinski definition) is 0. The number of nitrogens with zero attached hydrogens (tertiary/aromatic N) is 6. The van der Waals surface area contributed by atoms with Crippen LogP contribution in [0.3, 0.4) is 0 Å². The zero-order chi connectivity index (χ0) is 16.8. The van der Waals surface area contributed by atoms with E-state index in [4.69, 9.17) is 0 Å². The summed E-state index contributed by atoms with van der Waals surface area (Å²) in [6.07, 6.45) is 3.47. The van der Waals surface area contributed by atoms with Gasteiger partial charge in [0.15, 0.2) is 5.82 Å². The van der Waals surface area contributed by atoms with Gasteiger partial charge in [-0.15, -0.1) is 10.2 Å². The third kappa shape index (κ3) is 2.87. The first-order valence-electron chi connectivity index (χ1n) is 8.04. The van der Waals surface area contributed by atoms with E-state index < -0.39 is 0 Å². The third-order valence-corrected chi connectivity index (χ3v) is 4.10. The van der Waals surface area contributed by atoms with Crippen molar-refractivity contribution in [3.05, 3.63) is 29.6 Å². The van der Waals surface area contributed by atoms with E-state index in [9.17, 15) is 4.79 Å². The average molecular weight is 316 g/mol. The lowest BCUT2D eigenvalue weighted by molar-refractivity contribution is 0.0706. The number of hydrogen-bond acceptors (Lipinski definition) is 4. The molecule has 0 atom stereocenters. The van der Waals surface area contributed by atoms with Crippen molar-refractivity contribution in [1.82, 2.24) is 29.4 Å². The Hall–Kier alpha value is -2.18. The van der Waals surface area contributed by atoms with Crippen molar-refractivity contribution in [2.24, 2.45) is 0 Å². The summed E-state index contributed by atoms with van der Waals surface area (Å²) in [6, 6.07) is 0. The van der Waals surface area contributed by atoms with Crippen LogP contribution < -0.4 is 0 Å². The molecule has 3 heterocycles. The summed E-state index contributed by atoms with van der Waals surface area (Å²) >= 11 is 0. The SMILES string of the molecule is CC(C)c1nnc2n1CCN(C(=O)c1cnn(C(C)(C)C)c1)C2. The van der Waals surface area contributed by atoms with Gasteiger partial charge < -0.3 is 9.47 Å². The first kappa shape index (κ1) is 15.7. The molecular weight excluding hydrogens is 292 g/mol. The highest BCUT2D eigenvalue weighted by Gasteiger charge is 2.27. The topological polar surface area (TPSA) is 68.8 Å². The van der Waals surface area contributed by atoms with Crippen molar-refractivity contribution in [2.45, 2.75) is 59.2 Å². The van der Waals surface area contributed by atoms with E-state index in [1.54, 1.807) is 6.20 Å². The van der Waals surface area contributed by atoms with Crippen LogP contribution in [-0.2, 0) is 18.6 Å². The maximum Gasteiger partial charge on any atom is 0.257 e.